The van der Waals surface area contributed by atoms with Crippen molar-refractivity contribution in [2.24, 2.45) is 5.73 Å². The number of halogens is 1. The number of nitrogens with two attached hydrogens (primary N) is 1. The molecule has 2 aromatic carbocycles. The van der Waals surface area contributed by atoms with Crippen LogP contribution in [0.25, 0.3) is 0 Å². The van der Waals surface area contributed by atoms with Gasteiger partial charge in [0.05, 0.1) is 0 Å². The summed E-state index contributed by atoms with van der Waals surface area (Å²) in [6.45, 7) is 2.23. The molecule has 0 fully saturated rings. The van der Waals surface area contributed by atoms with Crippen LogP contribution in [-0.4, -0.2) is 0 Å². The fourth-order valence-electron chi connectivity index (χ4n) is 2.85. The summed E-state index contributed by atoms with van der Waals surface area (Å²) < 4.78 is 19.5. The highest BCUT2D eigenvalue weighted by Gasteiger charge is 2.11. The number of ether oxygens (including phenoxy) is 1. The molecule has 1 aliphatic carbocycles. The van der Waals surface area contributed by atoms with Crippen LogP contribution < -0.4 is 10.5 Å². The third-order valence-electron chi connectivity index (χ3n) is 4.03. The van der Waals surface area contributed by atoms with Gasteiger partial charge >= 0.3 is 0 Å². The first-order valence-electron chi connectivity index (χ1n) is 7.42. The second kappa shape index (κ2) is 5.86. The molecule has 0 radical (unpaired) electrons. The van der Waals surface area contributed by atoms with Gasteiger partial charge in [0.15, 0.2) is 0 Å². The van der Waals surface area contributed by atoms with Crippen molar-refractivity contribution >= 4 is 0 Å². The molecule has 1 atom stereocenters. The maximum absolute atomic E-state index is 13.8. The van der Waals surface area contributed by atoms with Gasteiger partial charge in [-0.1, -0.05) is 24.3 Å². The molecule has 0 spiro atoms. The summed E-state index contributed by atoms with van der Waals surface area (Å²) >= 11 is 0. The fraction of sp³-hybridized carbons (Fsp3) is 0.333. The van der Waals surface area contributed by atoms with E-state index >= 15 is 0 Å². The zero-order chi connectivity index (χ0) is 14.8. The van der Waals surface area contributed by atoms with E-state index in [0.717, 1.165) is 12.0 Å². The molecule has 0 heterocycles. The first kappa shape index (κ1) is 14.1. The van der Waals surface area contributed by atoms with E-state index in [-0.39, 0.29) is 11.9 Å². The summed E-state index contributed by atoms with van der Waals surface area (Å²) in [5.41, 5.74) is 10.2. The highest BCUT2D eigenvalue weighted by Crippen LogP contribution is 2.24. The van der Waals surface area contributed by atoms with E-state index in [1.807, 2.05) is 0 Å². The van der Waals surface area contributed by atoms with Gasteiger partial charge in [0.25, 0.3) is 0 Å². The first-order valence-corrected chi connectivity index (χ1v) is 7.42. The number of rotatable bonds is 4. The summed E-state index contributed by atoms with van der Waals surface area (Å²) in [5, 5.41) is 0. The maximum Gasteiger partial charge on any atom is 0.131 e. The largest absolute Gasteiger partial charge is 0.489 e. The Labute approximate surface area is 124 Å². The van der Waals surface area contributed by atoms with Gasteiger partial charge in [0, 0.05) is 17.7 Å². The van der Waals surface area contributed by atoms with Crippen LogP contribution in [-0.2, 0) is 19.4 Å². The van der Waals surface area contributed by atoms with Gasteiger partial charge in [-0.05, 0) is 48.9 Å². The fourth-order valence-corrected chi connectivity index (χ4v) is 2.85. The van der Waals surface area contributed by atoms with Crippen molar-refractivity contribution in [3.8, 4) is 5.75 Å². The second-order valence-electron chi connectivity index (χ2n) is 5.72. The third kappa shape index (κ3) is 3.08. The van der Waals surface area contributed by atoms with Gasteiger partial charge in [0.1, 0.15) is 18.2 Å². The van der Waals surface area contributed by atoms with Crippen LogP contribution in [0.5, 0.6) is 5.75 Å². The number of fused-ring (bicyclic) bond motifs is 1. The Bertz CT molecular complexity index is 652. The van der Waals surface area contributed by atoms with Crippen LogP contribution in [0.2, 0.25) is 0 Å². The Kier molecular flexibility index (Phi) is 3.93. The molecule has 2 N–H and O–H groups in total. The zero-order valence-corrected chi connectivity index (χ0v) is 12.2. The first-order chi connectivity index (χ1) is 10.1. The Balaban J connectivity index is 1.69. The minimum Gasteiger partial charge on any atom is -0.489 e. The molecular weight excluding hydrogens is 265 g/mol. The lowest BCUT2D eigenvalue weighted by atomic mass is 10.1. The normalized spacial score (nSPS) is 14.8. The summed E-state index contributed by atoms with van der Waals surface area (Å²) in [4.78, 5) is 0. The maximum atomic E-state index is 13.8. The molecule has 2 nitrogen and oxygen atoms in total. The van der Waals surface area contributed by atoms with E-state index in [1.165, 1.54) is 30.0 Å². The van der Waals surface area contributed by atoms with Crippen molar-refractivity contribution < 1.29 is 9.13 Å². The highest BCUT2D eigenvalue weighted by atomic mass is 19.1. The highest BCUT2D eigenvalue weighted by molar-refractivity contribution is 5.35. The zero-order valence-electron chi connectivity index (χ0n) is 12.2. The van der Waals surface area contributed by atoms with Crippen molar-refractivity contribution in [2.45, 2.75) is 38.8 Å². The predicted molar refractivity (Wildman–Crippen MR) is 81.8 cm³/mol. The third-order valence-corrected chi connectivity index (χ3v) is 4.03. The molecule has 0 aliphatic heterocycles. The van der Waals surface area contributed by atoms with Crippen molar-refractivity contribution in [3.63, 3.8) is 0 Å². The Hall–Kier alpha value is -1.87. The summed E-state index contributed by atoms with van der Waals surface area (Å²) in [5.74, 6) is 0.230. The van der Waals surface area contributed by atoms with E-state index < -0.39 is 0 Å². The molecule has 0 aromatic heterocycles. The van der Waals surface area contributed by atoms with Crippen molar-refractivity contribution in [2.75, 3.05) is 0 Å². The van der Waals surface area contributed by atoms with Crippen molar-refractivity contribution in [1.29, 1.82) is 0 Å². The van der Waals surface area contributed by atoms with Crippen molar-refractivity contribution in [3.05, 3.63) is 64.5 Å². The minimum atomic E-state index is -0.309. The lowest BCUT2D eigenvalue weighted by Gasteiger charge is -2.11. The average Bonchev–Trinajstić information content (AvgIpc) is 2.92. The molecule has 2 aromatic rings. The number of benzene rings is 2. The molecular formula is C18H20FNO. The minimum absolute atomic E-state index is 0.309. The Morgan fingerprint density at radius 1 is 1.14 bits per heavy atom. The Morgan fingerprint density at radius 2 is 1.95 bits per heavy atom. The van der Waals surface area contributed by atoms with E-state index in [2.05, 4.69) is 18.2 Å². The molecule has 1 unspecified atom stereocenters. The molecule has 110 valence electrons. The van der Waals surface area contributed by atoms with Gasteiger partial charge in [-0.25, -0.2) is 4.39 Å². The molecule has 0 bridgehead atoms. The van der Waals surface area contributed by atoms with Crippen LogP contribution in [0, 0.1) is 5.82 Å². The standard InChI is InChI=1S/C18H20FNO/c1-12(20)17-8-7-16(10-18(17)19)21-11-13-5-6-14-3-2-4-15(14)9-13/h5-10,12H,2-4,11,20H2,1H3. The number of hydrogen-bond acceptors (Lipinski definition) is 2. The summed E-state index contributed by atoms with van der Waals surface area (Å²) in [7, 11) is 0. The number of hydrogen-bond donors (Lipinski definition) is 1. The molecule has 0 amide bonds. The molecule has 3 rings (SSSR count). The predicted octanol–water partition coefficient (Wildman–Crippen LogP) is 3.91. The van der Waals surface area contributed by atoms with E-state index in [9.17, 15) is 4.39 Å². The van der Waals surface area contributed by atoms with Crippen LogP contribution in [0.15, 0.2) is 36.4 Å². The van der Waals surface area contributed by atoms with E-state index in [1.54, 1.807) is 19.1 Å². The molecule has 0 saturated carbocycles. The van der Waals surface area contributed by atoms with Gasteiger partial charge in [-0.2, -0.15) is 0 Å². The molecule has 0 saturated heterocycles. The van der Waals surface area contributed by atoms with Crippen LogP contribution in [0.3, 0.4) is 0 Å². The smallest absolute Gasteiger partial charge is 0.131 e. The topological polar surface area (TPSA) is 35.2 Å². The molecule has 3 heteroatoms. The van der Waals surface area contributed by atoms with Crippen molar-refractivity contribution in [1.82, 2.24) is 0 Å². The summed E-state index contributed by atoms with van der Waals surface area (Å²) in [6.07, 6.45) is 3.57. The Morgan fingerprint density at radius 3 is 2.71 bits per heavy atom. The summed E-state index contributed by atoms with van der Waals surface area (Å²) in [6, 6.07) is 11.0. The van der Waals surface area contributed by atoms with E-state index in [4.69, 9.17) is 10.5 Å². The van der Waals surface area contributed by atoms with Crippen LogP contribution in [0.4, 0.5) is 4.39 Å². The quantitative estimate of drug-likeness (QED) is 0.924. The van der Waals surface area contributed by atoms with Crippen LogP contribution in [0.1, 0.15) is 41.6 Å². The lowest BCUT2D eigenvalue weighted by molar-refractivity contribution is 0.304. The molecule has 21 heavy (non-hydrogen) atoms. The van der Waals surface area contributed by atoms with Gasteiger partial charge in [-0.15, -0.1) is 0 Å². The lowest BCUT2D eigenvalue weighted by Crippen LogP contribution is -2.07. The van der Waals surface area contributed by atoms with Gasteiger partial charge in [0.2, 0.25) is 0 Å². The SMILES string of the molecule is CC(N)c1ccc(OCc2ccc3c(c2)CCC3)cc1F. The van der Waals surface area contributed by atoms with E-state index in [0.29, 0.717) is 17.9 Å². The van der Waals surface area contributed by atoms with Gasteiger partial charge in [-0.3, -0.25) is 0 Å². The average molecular weight is 285 g/mol. The second-order valence-corrected chi connectivity index (χ2v) is 5.72. The number of aryl methyl sites for hydroxylation is 2. The van der Waals surface area contributed by atoms with Crippen LogP contribution >= 0.6 is 0 Å². The monoisotopic (exact) mass is 285 g/mol. The molecule has 1 aliphatic rings. The van der Waals surface area contributed by atoms with Gasteiger partial charge < -0.3 is 10.5 Å².